The second kappa shape index (κ2) is 10.3. The van der Waals surface area contributed by atoms with Gasteiger partial charge in [0.25, 0.3) is 0 Å². The van der Waals surface area contributed by atoms with E-state index in [2.05, 4.69) is 50.4 Å². The summed E-state index contributed by atoms with van der Waals surface area (Å²) >= 11 is 0. The zero-order chi connectivity index (χ0) is 20.6. The summed E-state index contributed by atoms with van der Waals surface area (Å²) in [6, 6.07) is 16.4. The second-order valence-electron chi connectivity index (χ2n) is 7.71. The van der Waals surface area contributed by atoms with Gasteiger partial charge in [0.1, 0.15) is 0 Å². The molecule has 0 atom stereocenters. The van der Waals surface area contributed by atoms with Gasteiger partial charge in [-0.2, -0.15) is 0 Å². The molecule has 2 aliphatic heterocycles. The molecule has 0 aromatic heterocycles. The summed E-state index contributed by atoms with van der Waals surface area (Å²) in [5.41, 5.74) is 8.31. The second-order valence-corrected chi connectivity index (χ2v) is 7.71. The lowest BCUT2D eigenvalue weighted by molar-refractivity contribution is 0.130. The van der Waals surface area contributed by atoms with Crippen molar-refractivity contribution in [2.75, 3.05) is 57.8 Å². The molecular formula is C23H31N5O2. The Bertz CT molecular complexity index is 835. The fourth-order valence-corrected chi connectivity index (χ4v) is 3.75. The molecule has 2 heterocycles. The van der Waals surface area contributed by atoms with Crippen LogP contribution in [0.25, 0.3) is 0 Å². The van der Waals surface area contributed by atoms with Crippen LogP contribution in [0, 0.1) is 0 Å². The van der Waals surface area contributed by atoms with Gasteiger partial charge >= 0.3 is 0 Å². The first-order valence-corrected chi connectivity index (χ1v) is 10.7. The number of rotatable bonds is 6. The number of nitrogens with two attached hydrogens (primary N) is 1. The number of fused-ring (bicyclic) bond motifs is 1. The maximum atomic E-state index is 6.08. The highest BCUT2D eigenvalue weighted by Gasteiger charge is 2.16. The number of aliphatic imine (C=N–C) groups is 1. The summed E-state index contributed by atoms with van der Waals surface area (Å²) in [6.45, 7) is 8.29. The summed E-state index contributed by atoms with van der Waals surface area (Å²) in [6.07, 6.45) is 0.890. The van der Waals surface area contributed by atoms with E-state index in [4.69, 9.17) is 15.2 Å². The Morgan fingerprint density at radius 2 is 1.67 bits per heavy atom. The molecule has 1 saturated heterocycles. The topological polar surface area (TPSA) is 75.4 Å². The summed E-state index contributed by atoms with van der Waals surface area (Å²) in [5.74, 6) is 1.95. The SMILES string of the molecule is NC(=NCCN1CCN(Cc2ccccc2)CC1)Nc1ccc2c(c1)OCCCO2. The van der Waals surface area contributed by atoms with Gasteiger partial charge in [0.05, 0.1) is 19.8 Å². The highest BCUT2D eigenvalue weighted by molar-refractivity contribution is 5.92. The number of benzene rings is 2. The third-order valence-corrected chi connectivity index (χ3v) is 5.43. The van der Waals surface area contributed by atoms with Crippen molar-refractivity contribution in [1.29, 1.82) is 0 Å². The molecule has 4 rings (SSSR count). The van der Waals surface area contributed by atoms with Crippen LogP contribution in [-0.4, -0.2) is 68.2 Å². The van der Waals surface area contributed by atoms with E-state index in [-0.39, 0.29) is 0 Å². The molecule has 0 aliphatic carbocycles. The Morgan fingerprint density at radius 1 is 0.933 bits per heavy atom. The van der Waals surface area contributed by atoms with Crippen molar-refractivity contribution in [3.63, 3.8) is 0 Å². The van der Waals surface area contributed by atoms with Crippen LogP contribution >= 0.6 is 0 Å². The molecular weight excluding hydrogens is 378 g/mol. The van der Waals surface area contributed by atoms with E-state index < -0.39 is 0 Å². The highest BCUT2D eigenvalue weighted by atomic mass is 16.5. The molecule has 3 N–H and O–H groups in total. The average Bonchev–Trinajstić information content (AvgIpc) is 3.01. The van der Waals surface area contributed by atoms with Crippen molar-refractivity contribution in [2.45, 2.75) is 13.0 Å². The fraction of sp³-hybridized carbons (Fsp3) is 0.435. The summed E-state index contributed by atoms with van der Waals surface area (Å²) in [7, 11) is 0. The normalized spacial score (nSPS) is 18.1. The Morgan fingerprint density at radius 3 is 2.47 bits per heavy atom. The minimum Gasteiger partial charge on any atom is -0.490 e. The molecule has 0 amide bonds. The van der Waals surface area contributed by atoms with Crippen LogP contribution in [0.15, 0.2) is 53.5 Å². The van der Waals surface area contributed by atoms with Crippen LogP contribution in [0.2, 0.25) is 0 Å². The van der Waals surface area contributed by atoms with Gasteiger partial charge in [0.15, 0.2) is 17.5 Å². The van der Waals surface area contributed by atoms with E-state index in [1.807, 2.05) is 18.2 Å². The molecule has 2 aromatic carbocycles. The Kier molecular flexibility index (Phi) is 7.05. The van der Waals surface area contributed by atoms with Crippen LogP contribution in [0.4, 0.5) is 5.69 Å². The van der Waals surface area contributed by atoms with Gasteiger partial charge in [0.2, 0.25) is 0 Å². The van der Waals surface area contributed by atoms with Gasteiger partial charge in [0, 0.05) is 57.4 Å². The first kappa shape index (κ1) is 20.5. The first-order chi connectivity index (χ1) is 14.8. The smallest absolute Gasteiger partial charge is 0.193 e. The van der Waals surface area contributed by atoms with E-state index in [1.54, 1.807) is 0 Å². The third-order valence-electron chi connectivity index (χ3n) is 5.43. The molecule has 2 aromatic rings. The quantitative estimate of drug-likeness (QED) is 0.564. The zero-order valence-corrected chi connectivity index (χ0v) is 17.4. The number of nitrogens with zero attached hydrogens (tertiary/aromatic N) is 3. The maximum absolute atomic E-state index is 6.08. The van der Waals surface area contributed by atoms with Gasteiger partial charge in [-0.3, -0.25) is 14.8 Å². The number of nitrogens with one attached hydrogen (secondary N) is 1. The lowest BCUT2D eigenvalue weighted by Crippen LogP contribution is -2.46. The van der Waals surface area contributed by atoms with Crippen LogP contribution in [0.3, 0.4) is 0 Å². The van der Waals surface area contributed by atoms with Gasteiger partial charge in [-0.25, -0.2) is 0 Å². The molecule has 0 spiro atoms. The van der Waals surface area contributed by atoms with Crippen molar-refractivity contribution in [2.24, 2.45) is 10.7 Å². The van der Waals surface area contributed by atoms with Gasteiger partial charge < -0.3 is 20.5 Å². The molecule has 0 saturated carbocycles. The summed E-state index contributed by atoms with van der Waals surface area (Å²) < 4.78 is 11.4. The molecule has 7 heteroatoms. The van der Waals surface area contributed by atoms with Crippen LogP contribution < -0.4 is 20.5 Å². The summed E-state index contributed by atoms with van der Waals surface area (Å²) in [4.78, 5) is 9.45. The van der Waals surface area contributed by atoms with Crippen LogP contribution in [-0.2, 0) is 6.54 Å². The molecule has 2 aliphatic rings. The molecule has 0 bridgehead atoms. The molecule has 0 unspecified atom stereocenters. The molecule has 0 radical (unpaired) electrons. The first-order valence-electron chi connectivity index (χ1n) is 10.7. The molecule has 160 valence electrons. The predicted octanol–water partition coefficient (Wildman–Crippen LogP) is 2.39. The van der Waals surface area contributed by atoms with Crippen LogP contribution in [0.5, 0.6) is 11.5 Å². The van der Waals surface area contributed by atoms with Crippen LogP contribution in [0.1, 0.15) is 12.0 Å². The number of guanidine groups is 1. The highest BCUT2D eigenvalue weighted by Crippen LogP contribution is 2.32. The lowest BCUT2D eigenvalue weighted by Gasteiger charge is -2.34. The van der Waals surface area contributed by atoms with Crippen molar-refractivity contribution in [3.05, 3.63) is 54.1 Å². The van der Waals surface area contributed by atoms with E-state index in [1.165, 1.54) is 5.56 Å². The number of ether oxygens (including phenoxy) is 2. The van der Waals surface area contributed by atoms with E-state index in [0.29, 0.717) is 25.7 Å². The van der Waals surface area contributed by atoms with E-state index in [0.717, 1.165) is 62.9 Å². The summed E-state index contributed by atoms with van der Waals surface area (Å²) in [5, 5.41) is 3.15. The van der Waals surface area contributed by atoms with Crippen molar-refractivity contribution < 1.29 is 9.47 Å². The minimum atomic E-state index is 0.423. The Labute approximate surface area is 178 Å². The Hall–Kier alpha value is -2.77. The van der Waals surface area contributed by atoms with E-state index >= 15 is 0 Å². The third kappa shape index (κ3) is 5.87. The number of hydrogen-bond donors (Lipinski definition) is 2. The van der Waals surface area contributed by atoms with Gasteiger partial charge in [-0.05, 0) is 17.7 Å². The average molecular weight is 410 g/mol. The molecule has 7 nitrogen and oxygen atoms in total. The van der Waals surface area contributed by atoms with Crippen molar-refractivity contribution in [3.8, 4) is 11.5 Å². The fourth-order valence-electron chi connectivity index (χ4n) is 3.75. The lowest BCUT2D eigenvalue weighted by atomic mass is 10.2. The largest absolute Gasteiger partial charge is 0.490 e. The molecule has 1 fully saturated rings. The van der Waals surface area contributed by atoms with Gasteiger partial charge in [-0.15, -0.1) is 0 Å². The predicted molar refractivity (Wildman–Crippen MR) is 120 cm³/mol. The standard InChI is InChI=1S/C23H31N5O2/c24-23(26-20-7-8-21-22(17-20)30-16-4-15-29-21)25-9-10-27-11-13-28(14-12-27)18-19-5-2-1-3-6-19/h1-3,5-8,17H,4,9-16,18H2,(H3,24,25,26). The zero-order valence-electron chi connectivity index (χ0n) is 17.4. The minimum absolute atomic E-state index is 0.423. The van der Waals surface area contributed by atoms with E-state index in [9.17, 15) is 0 Å². The number of piperazine rings is 1. The van der Waals surface area contributed by atoms with Crippen molar-refractivity contribution in [1.82, 2.24) is 9.80 Å². The molecule has 30 heavy (non-hydrogen) atoms. The monoisotopic (exact) mass is 409 g/mol. The maximum Gasteiger partial charge on any atom is 0.193 e. The number of anilines is 1. The Balaban J connectivity index is 1.19. The van der Waals surface area contributed by atoms with Crippen molar-refractivity contribution >= 4 is 11.6 Å². The number of hydrogen-bond acceptors (Lipinski definition) is 5. The van der Waals surface area contributed by atoms with Gasteiger partial charge in [-0.1, -0.05) is 30.3 Å².